The number of hydrogen-bond acceptors (Lipinski definition) is 3. The number of carbonyl (C=O) groups excluding carboxylic acids is 1. The van der Waals surface area contributed by atoms with Crippen molar-refractivity contribution in [1.82, 2.24) is 14.9 Å². The summed E-state index contributed by atoms with van der Waals surface area (Å²) in [5.74, 6) is 1.52. The molecular weight excluding hydrogens is 266 g/mol. The summed E-state index contributed by atoms with van der Waals surface area (Å²) in [5, 5.41) is 0. The van der Waals surface area contributed by atoms with Crippen molar-refractivity contribution in [3.63, 3.8) is 0 Å². The highest BCUT2D eigenvalue weighted by molar-refractivity contribution is 5.91. The molecule has 5 heteroatoms. The first-order chi connectivity index (χ1) is 10.2. The van der Waals surface area contributed by atoms with Gasteiger partial charge in [-0.2, -0.15) is 0 Å². The Hall–Kier alpha value is -2.56. The molecule has 0 aliphatic heterocycles. The molecule has 110 valence electrons. The lowest BCUT2D eigenvalue weighted by Crippen LogP contribution is -2.24. The van der Waals surface area contributed by atoms with Crippen LogP contribution in [0.2, 0.25) is 0 Å². The van der Waals surface area contributed by atoms with E-state index in [-0.39, 0.29) is 5.91 Å². The zero-order valence-electron chi connectivity index (χ0n) is 12.2. The Morgan fingerprint density at radius 3 is 2.76 bits per heavy atom. The maximum Gasteiger partial charge on any atom is 0.246 e. The third-order valence-corrected chi connectivity index (χ3v) is 2.93. The average molecular weight is 285 g/mol. The van der Waals surface area contributed by atoms with Gasteiger partial charge in [0.05, 0.1) is 13.2 Å². The van der Waals surface area contributed by atoms with Crippen molar-refractivity contribution in [2.75, 3.05) is 13.7 Å². The molecule has 0 spiro atoms. The molecule has 0 aliphatic rings. The number of nitrogens with zero attached hydrogens (tertiary/aromatic N) is 2. The van der Waals surface area contributed by atoms with E-state index < -0.39 is 0 Å². The molecule has 2 aromatic rings. The van der Waals surface area contributed by atoms with Crippen molar-refractivity contribution in [3.05, 3.63) is 54.1 Å². The molecule has 0 saturated heterocycles. The predicted molar refractivity (Wildman–Crippen MR) is 81.7 cm³/mol. The maximum absolute atomic E-state index is 12.0. The van der Waals surface area contributed by atoms with Crippen molar-refractivity contribution in [1.29, 1.82) is 0 Å². The lowest BCUT2D eigenvalue weighted by Gasteiger charge is -2.12. The van der Waals surface area contributed by atoms with Crippen molar-refractivity contribution in [2.45, 2.75) is 13.5 Å². The largest absolute Gasteiger partial charge is 0.494 e. The summed E-state index contributed by atoms with van der Waals surface area (Å²) >= 11 is 0. The Morgan fingerprint density at radius 2 is 2.14 bits per heavy atom. The molecule has 0 fully saturated rings. The van der Waals surface area contributed by atoms with Gasteiger partial charge in [-0.05, 0) is 30.7 Å². The van der Waals surface area contributed by atoms with E-state index in [1.54, 1.807) is 36.5 Å². The smallest absolute Gasteiger partial charge is 0.246 e. The minimum absolute atomic E-state index is 0.0692. The molecule has 1 heterocycles. The molecule has 0 radical (unpaired) electrons. The molecule has 0 bridgehead atoms. The first-order valence-corrected chi connectivity index (χ1v) is 6.83. The summed E-state index contributed by atoms with van der Waals surface area (Å²) < 4.78 is 5.37. The summed E-state index contributed by atoms with van der Waals surface area (Å²) in [7, 11) is 1.74. The van der Waals surface area contributed by atoms with Crippen LogP contribution < -0.4 is 4.74 Å². The number of rotatable bonds is 6. The third kappa shape index (κ3) is 4.49. The van der Waals surface area contributed by atoms with Gasteiger partial charge in [-0.15, -0.1) is 0 Å². The number of aromatic nitrogens is 2. The molecule has 21 heavy (non-hydrogen) atoms. The second-order valence-corrected chi connectivity index (χ2v) is 4.57. The Morgan fingerprint density at radius 1 is 1.38 bits per heavy atom. The quantitative estimate of drug-likeness (QED) is 0.830. The topological polar surface area (TPSA) is 58.2 Å². The van der Waals surface area contributed by atoms with Crippen LogP contribution in [-0.4, -0.2) is 34.4 Å². The summed E-state index contributed by atoms with van der Waals surface area (Å²) in [6, 6.07) is 7.61. The highest BCUT2D eigenvalue weighted by atomic mass is 16.5. The van der Waals surface area contributed by atoms with E-state index in [2.05, 4.69) is 9.97 Å². The second kappa shape index (κ2) is 7.28. The Kier molecular flexibility index (Phi) is 5.15. The normalized spacial score (nSPS) is 10.8. The van der Waals surface area contributed by atoms with Crippen LogP contribution in [0.3, 0.4) is 0 Å². The zero-order valence-corrected chi connectivity index (χ0v) is 12.2. The maximum atomic E-state index is 12.0. The first kappa shape index (κ1) is 14.8. The van der Waals surface area contributed by atoms with Gasteiger partial charge in [-0.1, -0.05) is 12.1 Å². The Labute approximate surface area is 124 Å². The van der Waals surface area contributed by atoms with Gasteiger partial charge in [-0.3, -0.25) is 4.79 Å². The summed E-state index contributed by atoms with van der Waals surface area (Å²) in [6.45, 7) is 3.05. The number of imidazole rings is 1. The SMILES string of the molecule is CCOc1ccc(C=CC(=O)N(C)Cc2ncc[nH]2)cc1. The molecule has 1 aromatic heterocycles. The van der Waals surface area contributed by atoms with E-state index in [4.69, 9.17) is 4.74 Å². The average Bonchev–Trinajstić information content (AvgIpc) is 2.99. The number of aromatic amines is 1. The van der Waals surface area contributed by atoms with Gasteiger partial charge in [0.15, 0.2) is 0 Å². The van der Waals surface area contributed by atoms with Gasteiger partial charge >= 0.3 is 0 Å². The van der Waals surface area contributed by atoms with Crippen LogP contribution >= 0.6 is 0 Å². The predicted octanol–water partition coefficient (Wildman–Crippen LogP) is 2.48. The molecule has 0 atom stereocenters. The highest BCUT2D eigenvalue weighted by Gasteiger charge is 2.06. The van der Waals surface area contributed by atoms with Crippen molar-refractivity contribution >= 4 is 12.0 Å². The van der Waals surface area contributed by atoms with Crippen LogP contribution in [-0.2, 0) is 11.3 Å². The van der Waals surface area contributed by atoms with Gasteiger partial charge in [0, 0.05) is 25.5 Å². The molecule has 1 N–H and O–H groups in total. The Balaban J connectivity index is 1.91. The Bertz CT molecular complexity index is 588. The van der Waals surface area contributed by atoms with Crippen LogP contribution in [0.15, 0.2) is 42.7 Å². The fourth-order valence-electron chi connectivity index (χ4n) is 1.82. The standard InChI is InChI=1S/C16H19N3O2/c1-3-21-14-7-4-13(5-8-14)6-9-16(20)19(2)12-15-17-10-11-18-15/h4-11H,3,12H2,1-2H3,(H,17,18). The molecule has 5 nitrogen and oxygen atoms in total. The van der Waals surface area contributed by atoms with Crippen LogP contribution in [0.4, 0.5) is 0 Å². The number of likely N-dealkylation sites (N-methyl/N-ethyl adjacent to an activating group) is 1. The van der Waals surface area contributed by atoms with E-state index >= 15 is 0 Å². The monoisotopic (exact) mass is 285 g/mol. The van der Waals surface area contributed by atoms with Gasteiger partial charge < -0.3 is 14.6 Å². The number of benzene rings is 1. The summed E-state index contributed by atoms with van der Waals surface area (Å²) in [5.41, 5.74) is 0.957. The highest BCUT2D eigenvalue weighted by Crippen LogP contribution is 2.13. The van der Waals surface area contributed by atoms with E-state index in [1.807, 2.05) is 31.2 Å². The molecular formula is C16H19N3O2. The lowest BCUT2D eigenvalue weighted by molar-refractivity contribution is -0.125. The van der Waals surface area contributed by atoms with E-state index in [0.717, 1.165) is 17.1 Å². The number of carbonyl (C=O) groups is 1. The zero-order chi connectivity index (χ0) is 15.1. The molecule has 0 saturated carbocycles. The van der Waals surface area contributed by atoms with Gasteiger partial charge in [0.25, 0.3) is 0 Å². The molecule has 0 aliphatic carbocycles. The van der Waals surface area contributed by atoms with Crippen LogP contribution in [0.5, 0.6) is 5.75 Å². The molecule has 1 aromatic carbocycles. The fraction of sp³-hybridized carbons (Fsp3) is 0.250. The number of nitrogens with one attached hydrogen (secondary N) is 1. The van der Waals surface area contributed by atoms with Crippen LogP contribution in [0.1, 0.15) is 18.3 Å². The van der Waals surface area contributed by atoms with Gasteiger partial charge in [0.2, 0.25) is 5.91 Å². The van der Waals surface area contributed by atoms with E-state index in [9.17, 15) is 4.79 Å². The minimum Gasteiger partial charge on any atom is -0.494 e. The van der Waals surface area contributed by atoms with Gasteiger partial charge in [0.1, 0.15) is 11.6 Å². The number of amides is 1. The van der Waals surface area contributed by atoms with Crippen molar-refractivity contribution < 1.29 is 9.53 Å². The summed E-state index contributed by atoms with van der Waals surface area (Å²) in [6.07, 6.45) is 6.75. The molecule has 1 amide bonds. The lowest BCUT2D eigenvalue weighted by atomic mass is 10.2. The number of H-pyrrole nitrogens is 1. The number of ether oxygens (including phenoxy) is 1. The minimum atomic E-state index is -0.0692. The van der Waals surface area contributed by atoms with Crippen LogP contribution in [0.25, 0.3) is 6.08 Å². The summed E-state index contributed by atoms with van der Waals surface area (Å²) in [4.78, 5) is 20.7. The second-order valence-electron chi connectivity index (χ2n) is 4.57. The van der Waals surface area contributed by atoms with Crippen molar-refractivity contribution in [2.24, 2.45) is 0 Å². The molecule has 2 rings (SSSR count). The molecule has 0 unspecified atom stereocenters. The number of hydrogen-bond donors (Lipinski definition) is 1. The van der Waals surface area contributed by atoms with Crippen molar-refractivity contribution in [3.8, 4) is 5.75 Å². The van der Waals surface area contributed by atoms with Gasteiger partial charge in [-0.25, -0.2) is 4.98 Å². The van der Waals surface area contributed by atoms with E-state index in [1.165, 1.54) is 0 Å². The van der Waals surface area contributed by atoms with E-state index in [0.29, 0.717) is 13.2 Å². The third-order valence-electron chi connectivity index (χ3n) is 2.93. The fourth-order valence-corrected chi connectivity index (χ4v) is 1.82. The first-order valence-electron chi connectivity index (χ1n) is 6.83. The van der Waals surface area contributed by atoms with Crippen LogP contribution in [0, 0.1) is 0 Å².